The maximum absolute atomic E-state index is 13.2. The van der Waals surface area contributed by atoms with Crippen LogP contribution < -0.4 is 4.74 Å². The van der Waals surface area contributed by atoms with Gasteiger partial charge in [0.15, 0.2) is 5.65 Å². The fourth-order valence-corrected chi connectivity index (χ4v) is 3.76. The van der Waals surface area contributed by atoms with E-state index in [1.807, 2.05) is 0 Å². The Balaban J connectivity index is 1.94. The van der Waals surface area contributed by atoms with Crippen LogP contribution in [0.4, 0.5) is 13.2 Å². The van der Waals surface area contributed by atoms with Crippen LogP contribution in [-0.4, -0.2) is 41.5 Å². The Bertz CT molecular complexity index is 1040. The van der Waals surface area contributed by atoms with Crippen molar-refractivity contribution in [1.82, 2.24) is 19.7 Å². The largest absolute Gasteiger partial charge is 0.496 e. The fraction of sp³-hybridized carbons (Fsp3) is 0.450. The summed E-state index contributed by atoms with van der Waals surface area (Å²) in [5.74, 6) is 0.0911. The van der Waals surface area contributed by atoms with Crippen LogP contribution in [0.15, 0.2) is 24.5 Å². The highest BCUT2D eigenvalue weighted by molar-refractivity contribution is 6.76. The van der Waals surface area contributed by atoms with E-state index in [0.29, 0.717) is 34.6 Å². The molecule has 162 valence electrons. The Morgan fingerprint density at radius 2 is 1.87 bits per heavy atom. The van der Waals surface area contributed by atoms with E-state index in [4.69, 9.17) is 9.47 Å². The first-order valence-corrected chi connectivity index (χ1v) is 13.2. The van der Waals surface area contributed by atoms with Crippen LogP contribution >= 0.6 is 0 Å². The van der Waals surface area contributed by atoms with Crippen LogP contribution in [0.1, 0.15) is 11.1 Å². The van der Waals surface area contributed by atoms with Crippen LogP contribution in [-0.2, 0) is 17.6 Å². The van der Waals surface area contributed by atoms with Gasteiger partial charge in [0.1, 0.15) is 18.0 Å². The minimum absolute atomic E-state index is 0.0911. The zero-order valence-electron chi connectivity index (χ0n) is 17.7. The first kappa shape index (κ1) is 22.2. The zero-order chi connectivity index (χ0) is 22.1. The third kappa shape index (κ3) is 4.98. The van der Waals surface area contributed by atoms with Crippen molar-refractivity contribution in [3.8, 4) is 17.0 Å². The molecule has 30 heavy (non-hydrogen) atoms. The molecule has 0 radical (unpaired) electrons. The summed E-state index contributed by atoms with van der Waals surface area (Å²) in [6, 6.07) is 3.09. The monoisotopic (exact) mass is 438 g/mol. The second kappa shape index (κ2) is 8.35. The number of hydrogen-bond acceptors (Lipinski definition) is 5. The number of ether oxygens (including phenoxy) is 2. The Hall–Kier alpha value is -2.46. The van der Waals surface area contributed by atoms with Gasteiger partial charge in [-0.15, -0.1) is 0 Å². The molecule has 0 unspecified atom stereocenters. The van der Waals surface area contributed by atoms with E-state index in [1.54, 1.807) is 17.8 Å². The fourth-order valence-electron chi connectivity index (χ4n) is 3.00. The van der Waals surface area contributed by atoms with E-state index in [-0.39, 0.29) is 12.5 Å². The van der Waals surface area contributed by atoms with Crippen molar-refractivity contribution in [2.24, 2.45) is 0 Å². The lowest BCUT2D eigenvalue weighted by Crippen LogP contribution is -2.22. The van der Waals surface area contributed by atoms with Crippen molar-refractivity contribution in [2.75, 3.05) is 13.7 Å². The molecule has 0 bridgehead atoms. The number of aryl methyl sites for hydroxylation is 1. The molecule has 2 heterocycles. The van der Waals surface area contributed by atoms with Gasteiger partial charge in [-0.2, -0.15) is 18.3 Å². The second-order valence-electron chi connectivity index (χ2n) is 8.32. The van der Waals surface area contributed by atoms with Crippen molar-refractivity contribution < 1.29 is 22.6 Å². The molecular formula is C20H25F3N4O2Si. The zero-order valence-corrected chi connectivity index (χ0v) is 18.7. The van der Waals surface area contributed by atoms with Crippen molar-refractivity contribution in [2.45, 2.75) is 45.5 Å². The number of rotatable bonds is 7. The Morgan fingerprint density at radius 3 is 2.50 bits per heavy atom. The van der Waals surface area contributed by atoms with Crippen LogP contribution in [0, 0.1) is 6.92 Å². The maximum atomic E-state index is 13.2. The summed E-state index contributed by atoms with van der Waals surface area (Å²) < 4.78 is 52.0. The molecule has 0 fully saturated rings. The average Bonchev–Trinajstić information content (AvgIpc) is 3.05. The van der Waals surface area contributed by atoms with Crippen LogP contribution in [0.2, 0.25) is 25.7 Å². The Labute approximate surface area is 174 Å². The lowest BCUT2D eigenvalue weighted by molar-refractivity contribution is -0.137. The van der Waals surface area contributed by atoms with Gasteiger partial charge < -0.3 is 9.47 Å². The summed E-state index contributed by atoms with van der Waals surface area (Å²) in [5.41, 5.74) is 1.59. The normalized spacial score (nSPS) is 12.5. The minimum Gasteiger partial charge on any atom is -0.496 e. The molecule has 0 aliphatic heterocycles. The summed E-state index contributed by atoms with van der Waals surface area (Å²) in [5, 5.41) is 4.27. The maximum Gasteiger partial charge on any atom is 0.416 e. The molecule has 1 aromatic carbocycles. The molecule has 0 aliphatic rings. The van der Waals surface area contributed by atoms with Crippen molar-refractivity contribution >= 4 is 19.2 Å². The Morgan fingerprint density at radius 1 is 1.13 bits per heavy atom. The van der Waals surface area contributed by atoms with Gasteiger partial charge in [-0.1, -0.05) is 19.6 Å². The number of halogens is 3. The van der Waals surface area contributed by atoms with E-state index in [0.717, 1.165) is 18.2 Å². The summed E-state index contributed by atoms with van der Waals surface area (Å²) in [7, 11) is 0.137. The molecule has 0 saturated heterocycles. The SMILES string of the molecule is COc1cc(C(F)(F)F)cc(C)c1-c1cnc2cnn(COCC[Si](C)(C)C)c2n1. The molecule has 3 rings (SSSR count). The first-order chi connectivity index (χ1) is 14.0. The topological polar surface area (TPSA) is 62.1 Å². The van der Waals surface area contributed by atoms with Gasteiger partial charge >= 0.3 is 6.18 Å². The number of alkyl halides is 3. The van der Waals surface area contributed by atoms with E-state index in [1.165, 1.54) is 13.3 Å². The van der Waals surface area contributed by atoms with Gasteiger partial charge in [-0.25, -0.2) is 14.6 Å². The van der Waals surface area contributed by atoms with Crippen LogP contribution in [0.25, 0.3) is 22.4 Å². The molecule has 10 heteroatoms. The number of benzene rings is 1. The molecule has 2 aromatic heterocycles. The number of aromatic nitrogens is 4. The summed E-state index contributed by atoms with van der Waals surface area (Å²) >= 11 is 0. The highest BCUT2D eigenvalue weighted by Crippen LogP contribution is 2.39. The molecule has 3 aromatic rings. The van der Waals surface area contributed by atoms with Crippen LogP contribution in [0.5, 0.6) is 5.75 Å². The first-order valence-electron chi connectivity index (χ1n) is 9.52. The predicted molar refractivity (Wildman–Crippen MR) is 111 cm³/mol. The summed E-state index contributed by atoms with van der Waals surface area (Å²) in [6.45, 7) is 9.28. The molecule has 0 atom stereocenters. The number of fused-ring (bicyclic) bond motifs is 1. The molecule has 0 saturated carbocycles. The molecule has 0 spiro atoms. The smallest absolute Gasteiger partial charge is 0.416 e. The van der Waals surface area contributed by atoms with E-state index < -0.39 is 19.8 Å². The van der Waals surface area contributed by atoms with Crippen molar-refractivity contribution in [1.29, 1.82) is 0 Å². The van der Waals surface area contributed by atoms with Crippen molar-refractivity contribution in [3.05, 3.63) is 35.7 Å². The lowest BCUT2D eigenvalue weighted by atomic mass is 10.0. The van der Waals surface area contributed by atoms with Crippen LogP contribution in [0.3, 0.4) is 0 Å². The number of methoxy groups -OCH3 is 1. The average molecular weight is 439 g/mol. The second-order valence-corrected chi connectivity index (χ2v) is 13.9. The van der Waals surface area contributed by atoms with Gasteiger partial charge in [-0.3, -0.25) is 0 Å². The highest BCUT2D eigenvalue weighted by atomic mass is 28.3. The molecule has 0 N–H and O–H groups in total. The van der Waals surface area contributed by atoms with E-state index in [9.17, 15) is 13.2 Å². The number of hydrogen-bond donors (Lipinski definition) is 0. The van der Waals surface area contributed by atoms with Gasteiger partial charge in [0.05, 0.1) is 30.8 Å². The summed E-state index contributed by atoms with van der Waals surface area (Å²) in [4.78, 5) is 8.96. The van der Waals surface area contributed by atoms with Gasteiger partial charge in [0.2, 0.25) is 0 Å². The third-order valence-corrected chi connectivity index (χ3v) is 6.36. The van der Waals surface area contributed by atoms with E-state index in [2.05, 4.69) is 34.7 Å². The van der Waals surface area contributed by atoms with Gasteiger partial charge in [0.25, 0.3) is 0 Å². The van der Waals surface area contributed by atoms with Crippen molar-refractivity contribution in [3.63, 3.8) is 0 Å². The predicted octanol–water partition coefficient (Wildman–Crippen LogP) is 5.14. The van der Waals surface area contributed by atoms with Gasteiger partial charge in [0, 0.05) is 20.2 Å². The highest BCUT2D eigenvalue weighted by Gasteiger charge is 2.32. The Kier molecular flexibility index (Phi) is 6.18. The number of nitrogens with zero attached hydrogens (tertiary/aromatic N) is 4. The lowest BCUT2D eigenvalue weighted by Gasteiger charge is -2.16. The quantitative estimate of drug-likeness (QED) is 0.377. The standard InChI is InChI=1S/C20H25F3N4O2Si/c1-13-8-14(20(21,22)23)9-17(28-2)18(13)15-10-24-16-11-25-27(19(16)26-15)12-29-6-7-30(3,4)5/h8-11H,6-7,12H2,1-5H3. The summed E-state index contributed by atoms with van der Waals surface area (Å²) in [6.07, 6.45) is -1.36. The minimum atomic E-state index is -4.46. The molecule has 0 aliphatic carbocycles. The molecule has 6 nitrogen and oxygen atoms in total. The molecule has 0 amide bonds. The van der Waals surface area contributed by atoms with E-state index >= 15 is 0 Å². The third-order valence-electron chi connectivity index (χ3n) is 4.66. The molecular weight excluding hydrogens is 413 g/mol. The van der Waals surface area contributed by atoms with Gasteiger partial charge in [-0.05, 0) is 30.7 Å².